The van der Waals surface area contributed by atoms with Crippen LogP contribution in [0.15, 0.2) is 40.3 Å². The number of piperidine rings is 1. The zero-order valence-electron chi connectivity index (χ0n) is 22.8. The number of likely N-dealkylation sites (tertiary alicyclic amines) is 1. The summed E-state index contributed by atoms with van der Waals surface area (Å²) in [5.41, 5.74) is -2.12. The minimum Gasteiger partial charge on any atom is -0.465 e. The highest BCUT2D eigenvalue weighted by Crippen LogP contribution is 2.39. The van der Waals surface area contributed by atoms with Crippen molar-refractivity contribution in [3.63, 3.8) is 0 Å². The molecule has 1 aliphatic rings. The third kappa shape index (κ3) is 6.53. The lowest BCUT2D eigenvalue weighted by atomic mass is 10.00. The van der Waals surface area contributed by atoms with Gasteiger partial charge < -0.3 is 10.0 Å². The third-order valence-corrected chi connectivity index (χ3v) is 9.90. The molecule has 1 aliphatic heterocycles. The smallest absolute Gasteiger partial charge is 0.416 e. The van der Waals surface area contributed by atoms with E-state index in [1.165, 1.54) is 30.0 Å². The van der Waals surface area contributed by atoms with Crippen molar-refractivity contribution in [3.8, 4) is 0 Å². The molecule has 2 heterocycles. The molecule has 2 aromatic carbocycles. The number of alkyl halides is 3. The van der Waals surface area contributed by atoms with Crippen LogP contribution < -0.4 is 5.56 Å². The fourth-order valence-electron chi connectivity index (χ4n) is 5.34. The maximum absolute atomic E-state index is 14.3. The van der Waals surface area contributed by atoms with E-state index in [2.05, 4.69) is 4.98 Å². The second-order valence-corrected chi connectivity index (χ2v) is 13.1. The minimum absolute atomic E-state index is 0.0462. The van der Waals surface area contributed by atoms with Crippen LogP contribution in [0.5, 0.6) is 0 Å². The summed E-state index contributed by atoms with van der Waals surface area (Å²) >= 11 is 12.6. The van der Waals surface area contributed by atoms with Gasteiger partial charge >= 0.3 is 12.3 Å². The summed E-state index contributed by atoms with van der Waals surface area (Å²) in [5.74, 6) is -0.204. The number of fused-ring (bicyclic) bond motifs is 1. The van der Waals surface area contributed by atoms with Gasteiger partial charge in [-0.25, -0.2) is 18.2 Å². The SMILES string of the molecule is CCN(C(=O)O)[C@H]1CCCN(Cc2c(C(F)(F)F)cc3c(=O)n(Cc4cc(Cl)ccc4S(=O)(=O)CC)cnc3c2Cl)C1. The highest BCUT2D eigenvalue weighted by Gasteiger charge is 2.37. The van der Waals surface area contributed by atoms with Crippen molar-refractivity contribution < 1.29 is 31.5 Å². The molecular weight excluding hydrogens is 620 g/mol. The predicted molar refractivity (Wildman–Crippen MR) is 153 cm³/mol. The number of aromatic nitrogens is 2. The van der Waals surface area contributed by atoms with Crippen molar-refractivity contribution in [1.29, 1.82) is 0 Å². The molecule has 1 fully saturated rings. The van der Waals surface area contributed by atoms with Gasteiger partial charge in [-0.05, 0) is 61.7 Å². The van der Waals surface area contributed by atoms with Gasteiger partial charge in [-0.2, -0.15) is 13.2 Å². The molecule has 1 N–H and O–H groups in total. The Kier molecular flexibility index (Phi) is 9.46. The lowest BCUT2D eigenvalue weighted by Crippen LogP contribution is -2.49. The number of carboxylic acid groups (broad SMARTS) is 1. The number of sulfone groups is 1. The van der Waals surface area contributed by atoms with Crippen molar-refractivity contribution in [3.05, 3.63) is 67.7 Å². The van der Waals surface area contributed by atoms with Crippen LogP contribution in [-0.4, -0.2) is 70.4 Å². The van der Waals surface area contributed by atoms with E-state index in [1.54, 1.807) is 11.8 Å². The number of likely N-dealkylation sites (N-methyl/N-ethyl adjacent to an activating group) is 1. The number of benzene rings is 2. The van der Waals surface area contributed by atoms with Crippen LogP contribution in [-0.2, 0) is 29.1 Å². The number of nitrogens with zero attached hydrogens (tertiary/aromatic N) is 4. The normalized spacial score (nSPS) is 16.6. The molecule has 1 saturated heterocycles. The molecule has 4 rings (SSSR count). The molecule has 0 aliphatic carbocycles. The van der Waals surface area contributed by atoms with E-state index in [-0.39, 0.29) is 74.9 Å². The van der Waals surface area contributed by atoms with Gasteiger partial charge in [-0.3, -0.25) is 14.3 Å². The summed E-state index contributed by atoms with van der Waals surface area (Å²) < 4.78 is 69.3. The van der Waals surface area contributed by atoms with Crippen molar-refractivity contribution in [2.75, 3.05) is 25.4 Å². The topological polar surface area (TPSA) is 113 Å². The van der Waals surface area contributed by atoms with Crippen LogP contribution in [0.25, 0.3) is 10.9 Å². The highest BCUT2D eigenvalue weighted by molar-refractivity contribution is 7.91. The fraction of sp³-hybridized carbons (Fsp3) is 0.444. The van der Waals surface area contributed by atoms with E-state index < -0.39 is 33.2 Å². The number of carbonyl (C=O) groups is 1. The van der Waals surface area contributed by atoms with Crippen LogP contribution in [0.2, 0.25) is 10.0 Å². The first-order valence-corrected chi connectivity index (χ1v) is 15.6. The summed E-state index contributed by atoms with van der Waals surface area (Å²) in [6.45, 7) is 3.55. The molecule has 1 atom stereocenters. The van der Waals surface area contributed by atoms with Gasteiger partial charge in [0.05, 0.1) is 45.0 Å². The van der Waals surface area contributed by atoms with Gasteiger partial charge in [-0.1, -0.05) is 30.1 Å². The minimum atomic E-state index is -4.86. The molecule has 42 heavy (non-hydrogen) atoms. The maximum atomic E-state index is 14.3. The Bertz CT molecular complexity index is 1680. The Morgan fingerprint density at radius 2 is 1.90 bits per heavy atom. The van der Waals surface area contributed by atoms with Crippen LogP contribution in [0.1, 0.15) is 43.4 Å². The van der Waals surface area contributed by atoms with Crippen molar-refractivity contribution in [2.24, 2.45) is 0 Å². The molecule has 0 unspecified atom stereocenters. The quantitative estimate of drug-likeness (QED) is 0.342. The van der Waals surface area contributed by atoms with E-state index in [1.807, 2.05) is 0 Å². The second kappa shape index (κ2) is 12.4. The molecule has 0 radical (unpaired) electrons. The Morgan fingerprint density at radius 1 is 1.19 bits per heavy atom. The molecule has 0 spiro atoms. The third-order valence-electron chi connectivity index (χ3n) is 7.43. The second-order valence-electron chi connectivity index (χ2n) is 10.0. The van der Waals surface area contributed by atoms with Crippen LogP contribution in [0.4, 0.5) is 18.0 Å². The Balaban J connectivity index is 1.77. The van der Waals surface area contributed by atoms with E-state index in [4.69, 9.17) is 23.2 Å². The zero-order chi connectivity index (χ0) is 31.0. The monoisotopic (exact) mass is 648 g/mol. The first-order chi connectivity index (χ1) is 19.7. The predicted octanol–water partition coefficient (Wildman–Crippen LogP) is 5.53. The van der Waals surface area contributed by atoms with Crippen molar-refractivity contribution >= 4 is 50.0 Å². The molecule has 15 heteroatoms. The van der Waals surface area contributed by atoms with Gasteiger partial charge in [0.15, 0.2) is 9.84 Å². The maximum Gasteiger partial charge on any atom is 0.416 e. The molecule has 0 bridgehead atoms. The standard InChI is InChI=1S/C27H29Cl2F3N4O5S/c1-3-36(26(38)39)18-6-5-9-34(13-18)14-20-21(27(30,31)32)11-19-24(23(20)29)33-15-35(25(19)37)12-16-10-17(28)7-8-22(16)42(40,41)4-2/h7-8,10-11,15,18H,3-6,9,12-14H2,1-2H3,(H,38,39)/t18-/m0/s1. The largest absolute Gasteiger partial charge is 0.465 e. The lowest BCUT2D eigenvalue weighted by Gasteiger charge is -2.38. The Morgan fingerprint density at radius 3 is 2.52 bits per heavy atom. The molecule has 1 amide bonds. The molecule has 1 aromatic heterocycles. The molecule has 0 saturated carbocycles. The van der Waals surface area contributed by atoms with Gasteiger partial charge in [-0.15, -0.1) is 0 Å². The van der Waals surface area contributed by atoms with Crippen LogP contribution in [0.3, 0.4) is 0 Å². The summed E-state index contributed by atoms with van der Waals surface area (Å²) in [5, 5.41) is 9.02. The van der Waals surface area contributed by atoms with Crippen LogP contribution >= 0.6 is 23.2 Å². The average Bonchev–Trinajstić information content (AvgIpc) is 2.91. The number of rotatable bonds is 8. The summed E-state index contributed by atoms with van der Waals surface area (Å²) in [6, 6.07) is 4.45. The summed E-state index contributed by atoms with van der Waals surface area (Å²) in [6.07, 6.45) is -3.67. The first kappa shape index (κ1) is 32.1. The number of halogens is 5. The summed E-state index contributed by atoms with van der Waals surface area (Å²) in [4.78, 5) is 32.2. The zero-order valence-corrected chi connectivity index (χ0v) is 25.1. The van der Waals surface area contributed by atoms with Gasteiger partial charge in [0.2, 0.25) is 0 Å². The van der Waals surface area contributed by atoms with Crippen molar-refractivity contribution in [1.82, 2.24) is 19.4 Å². The first-order valence-electron chi connectivity index (χ1n) is 13.2. The molecule has 228 valence electrons. The van der Waals surface area contributed by atoms with E-state index >= 15 is 0 Å². The molecule has 9 nitrogen and oxygen atoms in total. The number of hydrogen-bond acceptors (Lipinski definition) is 6. The Labute approximate surface area is 250 Å². The fourth-order valence-corrected chi connectivity index (χ4v) is 6.96. The van der Waals surface area contributed by atoms with Crippen LogP contribution in [0, 0.1) is 0 Å². The lowest BCUT2D eigenvalue weighted by molar-refractivity contribution is -0.138. The Hall–Kier alpha value is -2.87. The van der Waals surface area contributed by atoms with Gasteiger partial charge in [0, 0.05) is 30.7 Å². The highest BCUT2D eigenvalue weighted by atomic mass is 35.5. The number of amides is 1. The van der Waals surface area contributed by atoms with E-state index in [0.29, 0.717) is 19.4 Å². The average molecular weight is 650 g/mol. The summed E-state index contributed by atoms with van der Waals surface area (Å²) in [7, 11) is -3.69. The van der Waals surface area contributed by atoms with E-state index in [0.717, 1.165) is 17.0 Å². The van der Waals surface area contributed by atoms with Gasteiger partial charge in [0.1, 0.15) is 0 Å². The van der Waals surface area contributed by atoms with Gasteiger partial charge in [0.25, 0.3) is 5.56 Å². The van der Waals surface area contributed by atoms with Crippen molar-refractivity contribution in [2.45, 2.75) is 56.9 Å². The molecule has 3 aromatic rings. The number of hydrogen-bond donors (Lipinski definition) is 1. The van der Waals surface area contributed by atoms with E-state index in [9.17, 15) is 36.3 Å². The molecular formula is C27H29Cl2F3N4O5S.